The molecule has 32 heavy (non-hydrogen) atoms. The number of hydrogen-bond donors (Lipinski definition) is 2. The number of anilines is 2. The van der Waals surface area contributed by atoms with Gasteiger partial charge in [0.15, 0.2) is 0 Å². The molecule has 0 radical (unpaired) electrons. The molecular formula is C23H27N3O5S. The van der Waals surface area contributed by atoms with Gasteiger partial charge in [-0.25, -0.2) is 13.1 Å². The summed E-state index contributed by atoms with van der Waals surface area (Å²) >= 11 is 0. The van der Waals surface area contributed by atoms with Gasteiger partial charge in [0, 0.05) is 30.6 Å². The van der Waals surface area contributed by atoms with Crippen LogP contribution >= 0.6 is 0 Å². The fourth-order valence-corrected chi connectivity index (χ4v) is 5.06. The molecule has 2 N–H and O–H groups in total. The zero-order valence-corrected chi connectivity index (χ0v) is 18.9. The van der Waals surface area contributed by atoms with E-state index in [-0.39, 0.29) is 41.6 Å². The van der Waals surface area contributed by atoms with Crippen molar-refractivity contribution in [3.8, 4) is 5.75 Å². The Kier molecular flexibility index (Phi) is 6.21. The van der Waals surface area contributed by atoms with Gasteiger partial charge in [-0.05, 0) is 62.1 Å². The van der Waals surface area contributed by atoms with Crippen molar-refractivity contribution in [2.75, 3.05) is 23.9 Å². The number of ether oxygens (including phenoxy) is 1. The lowest BCUT2D eigenvalue weighted by Crippen LogP contribution is -2.36. The first-order valence-electron chi connectivity index (χ1n) is 10.7. The van der Waals surface area contributed by atoms with Gasteiger partial charge in [0.25, 0.3) is 0 Å². The van der Waals surface area contributed by atoms with Crippen molar-refractivity contribution in [1.29, 1.82) is 0 Å². The van der Waals surface area contributed by atoms with Gasteiger partial charge < -0.3 is 15.0 Å². The minimum absolute atomic E-state index is 0.0164. The third-order valence-electron chi connectivity index (χ3n) is 5.77. The number of fused-ring (bicyclic) bond motifs is 1. The molecule has 2 amide bonds. The molecule has 1 aliphatic carbocycles. The molecule has 8 nitrogen and oxygen atoms in total. The highest BCUT2D eigenvalue weighted by atomic mass is 32.2. The standard InChI is InChI=1S/C23H27N3O5S/c1-15-13-17-14-18(9-10-20(17)26(15)23(28)16-7-8-16)32(29,30)24-12-11-22(27)25-19-5-3-4-6-21(19)31-2/h3-6,9-10,14-16,24H,7-8,11-13H2,1-2H3,(H,25,27)/t15-/m1/s1. The van der Waals surface area contributed by atoms with Crippen LogP contribution in [0.15, 0.2) is 47.4 Å². The smallest absolute Gasteiger partial charge is 0.240 e. The normalized spacial score (nSPS) is 17.7. The van der Waals surface area contributed by atoms with E-state index in [1.807, 2.05) is 6.92 Å². The zero-order valence-electron chi connectivity index (χ0n) is 18.1. The van der Waals surface area contributed by atoms with Crippen LogP contribution in [0.1, 0.15) is 31.7 Å². The first-order valence-corrected chi connectivity index (χ1v) is 12.2. The summed E-state index contributed by atoms with van der Waals surface area (Å²) in [6.45, 7) is 1.94. The molecule has 2 aromatic rings. The van der Waals surface area contributed by atoms with Gasteiger partial charge in [-0.3, -0.25) is 9.59 Å². The van der Waals surface area contributed by atoms with Crippen molar-refractivity contribution in [3.05, 3.63) is 48.0 Å². The molecule has 1 saturated carbocycles. The number of amides is 2. The average Bonchev–Trinajstić information content (AvgIpc) is 3.55. The molecule has 0 aromatic heterocycles. The van der Waals surface area contributed by atoms with Crippen LogP contribution < -0.4 is 19.7 Å². The largest absolute Gasteiger partial charge is 0.495 e. The van der Waals surface area contributed by atoms with Crippen LogP contribution in [0, 0.1) is 5.92 Å². The van der Waals surface area contributed by atoms with E-state index in [0.717, 1.165) is 24.1 Å². The maximum Gasteiger partial charge on any atom is 0.240 e. The molecule has 2 aromatic carbocycles. The van der Waals surface area contributed by atoms with Crippen molar-refractivity contribution in [1.82, 2.24) is 4.72 Å². The highest BCUT2D eigenvalue weighted by Gasteiger charge is 2.39. The number of hydrogen-bond acceptors (Lipinski definition) is 5. The summed E-state index contributed by atoms with van der Waals surface area (Å²) in [6, 6.07) is 11.9. The predicted molar refractivity (Wildman–Crippen MR) is 121 cm³/mol. The maximum atomic E-state index is 12.7. The Hall–Kier alpha value is -2.91. The summed E-state index contributed by atoms with van der Waals surface area (Å²) in [5.41, 5.74) is 2.17. The second-order valence-electron chi connectivity index (χ2n) is 8.22. The number of methoxy groups -OCH3 is 1. The van der Waals surface area contributed by atoms with Crippen molar-refractivity contribution in [2.24, 2.45) is 5.92 Å². The van der Waals surface area contributed by atoms with Crippen molar-refractivity contribution < 1.29 is 22.7 Å². The molecule has 4 rings (SSSR count). The SMILES string of the molecule is COc1ccccc1NC(=O)CCNS(=O)(=O)c1ccc2c(c1)C[C@@H](C)N2C(=O)C1CC1. The second-order valence-corrected chi connectivity index (χ2v) is 9.99. The first-order chi connectivity index (χ1) is 15.3. The quantitative estimate of drug-likeness (QED) is 0.634. The summed E-state index contributed by atoms with van der Waals surface area (Å²) in [4.78, 5) is 26.7. The van der Waals surface area contributed by atoms with Gasteiger partial charge in [0.2, 0.25) is 21.8 Å². The third-order valence-corrected chi connectivity index (χ3v) is 7.22. The molecule has 1 fully saturated rings. The highest BCUT2D eigenvalue weighted by molar-refractivity contribution is 7.89. The number of para-hydroxylation sites is 2. The fourth-order valence-electron chi connectivity index (χ4n) is 3.98. The first kappa shape index (κ1) is 22.3. The molecular weight excluding hydrogens is 430 g/mol. The lowest BCUT2D eigenvalue weighted by molar-refractivity contribution is -0.120. The number of benzene rings is 2. The summed E-state index contributed by atoms with van der Waals surface area (Å²) in [6.07, 6.45) is 2.46. The van der Waals surface area contributed by atoms with E-state index in [4.69, 9.17) is 4.74 Å². The van der Waals surface area contributed by atoms with Crippen LogP contribution in [-0.4, -0.2) is 39.9 Å². The van der Waals surface area contributed by atoms with E-state index >= 15 is 0 Å². The molecule has 0 unspecified atom stereocenters. The van der Waals surface area contributed by atoms with Gasteiger partial charge in [-0.1, -0.05) is 12.1 Å². The average molecular weight is 458 g/mol. The summed E-state index contributed by atoms with van der Waals surface area (Å²) in [5.74, 6) is 0.443. The molecule has 1 heterocycles. The Morgan fingerprint density at radius 1 is 1.16 bits per heavy atom. The molecule has 0 saturated heterocycles. The van der Waals surface area contributed by atoms with E-state index in [1.165, 1.54) is 13.2 Å². The fraction of sp³-hybridized carbons (Fsp3) is 0.391. The molecule has 9 heteroatoms. The Morgan fingerprint density at radius 2 is 1.91 bits per heavy atom. The van der Waals surface area contributed by atoms with Gasteiger partial charge in [-0.2, -0.15) is 0 Å². The Morgan fingerprint density at radius 3 is 2.62 bits per heavy atom. The molecule has 170 valence electrons. The monoisotopic (exact) mass is 457 g/mol. The topological polar surface area (TPSA) is 105 Å². The predicted octanol–water partition coefficient (Wildman–Crippen LogP) is 2.69. The minimum atomic E-state index is -3.78. The van der Waals surface area contributed by atoms with Gasteiger partial charge in [0.1, 0.15) is 5.75 Å². The number of carbonyl (C=O) groups is 2. The van der Waals surface area contributed by atoms with Crippen LogP contribution in [-0.2, 0) is 26.0 Å². The Labute approximate surface area is 188 Å². The third kappa shape index (κ3) is 4.63. The number of nitrogens with one attached hydrogen (secondary N) is 2. The summed E-state index contributed by atoms with van der Waals surface area (Å²) in [5, 5.41) is 2.72. The van der Waals surface area contributed by atoms with E-state index in [2.05, 4.69) is 10.0 Å². The molecule has 1 aliphatic heterocycles. The highest BCUT2D eigenvalue weighted by Crippen LogP contribution is 2.39. The van der Waals surface area contributed by atoms with E-state index in [1.54, 1.807) is 41.3 Å². The minimum Gasteiger partial charge on any atom is -0.495 e. The molecule has 0 bridgehead atoms. The van der Waals surface area contributed by atoms with Crippen LogP contribution in [0.2, 0.25) is 0 Å². The van der Waals surface area contributed by atoms with E-state index in [0.29, 0.717) is 17.9 Å². The number of carbonyl (C=O) groups excluding carboxylic acids is 2. The molecule has 2 aliphatic rings. The van der Waals surface area contributed by atoms with Crippen LogP contribution in [0.5, 0.6) is 5.75 Å². The van der Waals surface area contributed by atoms with Crippen molar-refractivity contribution >= 4 is 33.2 Å². The number of sulfonamides is 1. The maximum absolute atomic E-state index is 12.7. The van der Waals surface area contributed by atoms with Crippen LogP contribution in [0.25, 0.3) is 0 Å². The molecule has 1 atom stereocenters. The zero-order chi connectivity index (χ0) is 22.9. The Balaban J connectivity index is 1.37. The molecule has 0 spiro atoms. The van der Waals surface area contributed by atoms with Crippen LogP contribution in [0.3, 0.4) is 0 Å². The van der Waals surface area contributed by atoms with E-state index in [9.17, 15) is 18.0 Å². The summed E-state index contributed by atoms with van der Waals surface area (Å²) < 4.78 is 33.2. The summed E-state index contributed by atoms with van der Waals surface area (Å²) in [7, 11) is -2.27. The van der Waals surface area contributed by atoms with Gasteiger partial charge in [0.05, 0.1) is 17.7 Å². The number of rotatable bonds is 8. The van der Waals surface area contributed by atoms with Gasteiger partial charge in [-0.15, -0.1) is 0 Å². The Bertz CT molecular complexity index is 1140. The second kappa shape index (κ2) is 8.91. The lowest BCUT2D eigenvalue weighted by Gasteiger charge is -2.22. The van der Waals surface area contributed by atoms with Crippen molar-refractivity contribution in [3.63, 3.8) is 0 Å². The van der Waals surface area contributed by atoms with Crippen LogP contribution in [0.4, 0.5) is 11.4 Å². The van der Waals surface area contributed by atoms with Gasteiger partial charge >= 0.3 is 0 Å². The van der Waals surface area contributed by atoms with E-state index < -0.39 is 10.0 Å². The van der Waals surface area contributed by atoms with Crippen molar-refractivity contribution in [2.45, 2.75) is 43.5 Å². The number of nitrogens with zero attached hydrogens (tertiary/aromatic N) is 1. The lowest BCUT2D eigenvalue weighted by atomic mass is 10.1.